The number of aliphatic carboxylic acids is 2. The Kier molecular flexibility index (Phi) is 15.7. The van der Waals surface area contributed by atoms with Crippen LogP contribution in [0.4, 0.5) is 0 Å². The molecule has 0 saturated carbocycles. The van der Waals surface area contributed by atoms with Crippen LogP contribution in [0.25, 0.3) is 0 Å². The van der Waals surface area contributed by atoms with Crippen LogP contribution in [0, 0.1) is 17.8 Å². The summed E-state index contributed by atoms with van der Waals surface area (Å²) in [6, 6.07) is 2.37. The summed E-state index contributed by atoms with van der Waals surface area (Å²) < 4.78 is 0. The zero-order valence-corrected chi connectivity index (χ0v) is 33.6. The average Bonchev–Trinajstić information content (AvgIpc) is 3.83. The monoisotopic (exact) mass is 800 g/mol. The number of thioether (sulfide) groups is 1. The van der Waals surface area contributed by atoms with Gasteiger partial charge < -0.3 is 41.7 Å². The standard InChI is InChI=1S/C38H56N8O9S/c1-19(2)29-32(39-17-27(47)46-14-10-13-26(46)34(51)45-31(21(5)6)36(53)44-29)43-30(20(3)4)35(52)40-23(15-22-11-8-7-9-12-22)33(50)41-24(16-28(48)49)37-42-25(18-56-37)38(54)55/h7-9,11-12,19-21,23-26,29-31,37,42H,10,13-18H2,1-6H3,(H,39,43)(H,40,52)(H,41,50)(H,44,53)(H,45,51)(H,48,49)(H,54,55)/t23-,24+,25-,26-,29-,30-,31-,37?/m0/s1. The van der Waals surface area contributed by atoms with E-state index in [1.807, 2.05) is 27.7 Å². The van der Waals surface area contributed by atoms with Crippen molar-refractivity contribution >= 4 is 59.1 Å². The summed E-state index contributed by atoms with van der Waals surface area (Å²) in [5.41, 5.74) is 0.716. The number of nitrogens with zero attached hydrogens (tertiary/aromatic N) is 2. The summed E-state index contributed by atoms with van der Waals surface area (Å²) in [7, 11) is 0. The first kappa shape index (κ1) is 44.0. The number of carboxylic acids is 2. The maximum atomic E-state index is 14.3. The van der Waals surface area contributed by atoms with Crippen molar-refractivity contribution < 1.29 is 43.8 Å². The number of aliphatic imine (C=N–C) groups is 1. The van der Waals surface area contributed by atoms with Gasteiger partial charge in [-0.05, 0) is 36.2 Å². The molecule has 8 N–H and O–H groups in total. The van der Waals surface area contributed by atoms with Crippen molar-refractivity contribution in [2.24, 2.45) is 22.7 Å². The van der Waals surface area contributed by atoms with E-state index in [-0.39, 0.29) is 42.3 Å². The molecule has 1 aromatic carbocycles. The zero-order valence-electron chi connectivity index (χ0n) is 32.7. The molecular weight excluding hydrogens is 745 g/mol. The van der Waals surface area contributed by atoms with Gasteiger partial charge >= 0.3 is 11.9 Å². The summed E-state index contributed by atoms with van der Waals surface area (Å²) in [6.45, 7) is 10.9. The maximum absolute atomic E-state index is 14.3. The van der Waals surface area contributed by atoms with E-state index in [1.165, 1.54) is 16.7 Å². The number of carboxylic acid groups (broad SMARTS) is 2. The second kappa shape index (κ2) is 19.9. The topological polar surface area (TPSA) is 248 Å². The normalized spacial score (nSPS) is 24.9. The molecule has 56 heavy (non-hydrogen) atoms. The van der Waals surface area contributed by atoms with Gasteiger partial charge in [-0.1, -0.05) is 71.9 Å². The molecule has 308 valence electrons. The molecule has 18 heteroatoms. The third kappa shape index (κ3) is 11.7. The Bertz CT molecular complexity index is 1640. The highest BCUT2D eigenvalue weighted by molar-refractivity contribution is 8.00. The Hall–Kier alpha value is -4.71. The molecule has 0 aliphatic carbocycles. The van der Waals surface area contributed by atoms with Crippen LogP contribution >= 0.6 is 11.8 Å². The molecule has 2 saturated heterocycles. The molecule has 5 amide bonds. The molecule has 0 radical (unpaired) electrons. The molecule has 1 unspecified atom stereocenters. The van der Waals surface area contributed by atoms with E-state index in [0.717, 1.165) is 0 Å². The van der Waals surface area contributed by atoms with Gasteiger partial charge in [0.15, 0.2) is 0 Å². The lowest BCUT2D eigenvalue weighted by molar-refractivity contribution is -0.139. The number of fused-ring (bicyclic) bond motifs is 1. The zero-order chi connectivity index (χ0) is 41.3. The van der Waals surface area contributed by atoms with Crippen molar-refractivity contribution in [1.82, 2.24) is 36.8 Å². The first-order chi connectivity index (χ1) is 26.5. The van der Waals surface area contributed by atoms with Crippen LogP contribution < -0.4 is 31.9 Å². The van der Waals surface area contributed by atoms with Gasteiger partial charge in [-0.2, -0.15) is 0 Å². The van der Waals surface area contributed by atoms with Crippen molar-refractivity contribution in [1.29, 1.82) is 0 Å². The lowest BCUT2D eigenvalue weighted by Gasteiger charge is -2.34. The highest BCUT2D eigenvalue weighted by atomic mass is 32.2. The van der Waals surface area contributed by atoms with Crippen LogP contribution in [0.1, 0.15) is 66.4 Å². The van der Waals surface area contributed by atoms with Gasteiger partial charge in [0.05, 0.1) is 23.9 Å². The fourth-order valence-corrected chi connectivity index (χ4v) is 8.28. The van der Waals surface area contributed by atoms with E-state index in [4.69, 9.17) is 0 Å². The number of nitrogens with one attached hydrogen (secondary N) is 6. The molecule has 17 nitrogen and oxygen atoms in total. The minimum absolute atomic E-state index is 0.0471. The number of amides is 5. The summed E-state index contributed by atoms with van der Waals surface area (Å²) in [5.74, 6) is -5.37. The predicted octanol–water partition coefficient (Wildman–Crippen LogP) is 0.0880. The van der Waals surface area contributed by atoms with E-state index < -0.39 is 95.6 Å². The lowest BCUT2D eigenvalue weighted by Crippen LogP contribution is -2.62. The second-order valence-corrected chi connectivity index (χ2v) is 16.7. The first-order valence-corrected chi connectivity index (χ1v) is 20.2. The van der Waals surface area contributed by atoms with Gasteiger partial charge in [0.2, 0.25) is 29.5 Å². The van der Waals surface area contributed by atoms with E-state index in [9.17, 15) is 43.8 Å². The molecule has 2 fully saturated rings. The number of carbonyl (C=O) groups is 7. The summed E-state index contributed by atoms with van der Waals surface area (Å²) in [6.07, 6.45) is 0.627. The van der Waals surface area contributed by atoms with Crippen molar-refractivity contribution in [3.63, 3.8) is 0 Å². The Balaban J connectivity index is 1.64. The van der Waals surface area contributed by atoms with E-state index in [0.29, 0.717) is 24.9 Å². The Morgan fingerprint density at radius 1 is 0.911 bits per heavy atom. The highest BCUT2D eigenvalue weighted by Gasteiger charge is 2.40. The van der Waals surface area contributed by atoms with Crippen molar-refractivity contribution in [2.75, 3.05) is 18.8 Å². The van der Waals surface area contributed by atoms with Crippen LogP contribution in [-0.4, -0.2) is 129 Å². The molecule has 8 atom stereocenters. The molecule has 0 bridgehead atoms. The Morgan fingerprint density at radius 3 is 2.16 bits per heavy atom. The van der Waals surface area contributed by atoms with E-state index >= 15 is 0 Å². The minimum Gasteiger partial charge on any atom is -0.481 e. The SMILES string of the molecule is CC(C)[C@@H]1NC(=O)[C@@H]2CCCN2C(=O)CN=C(N[C@H](C(=O)N[C@@H](Cc2ccccc2)C(=O)N[C@H](CC(=O)O)C2N[C@H](C(=O)O)CS2)C(C)C)[C@H](C(C)C)NC1=O. The smallest absolute Gasteiger partial charge is 0.321 e. The summed E-state index contributed by atoms with van der Waals surface area (Å²) in [4.78, 5) is 98.5. The van der Waals surface area contributed by atoms with Crippen LogP contribution in [0.15, 0.2) is 35.3 Å². The quantitative estimate of drug-likeness (QED) is 0.125. The van der Waals surface area contributed by atoms with Crippen LogP contribution in [0.2, 0.25) is 0 Å². The number of hydrogen-bond acceptors (Lipinski definition) is 11. The van der Waals surface area contributed by atoms with Crippen molar-refractivity contribution in [3.05, 3.63) is 35.9 Å². The van der Waals surface area contributed by atoms with Gasteiger partial charge in [-0.3, -0.25) is 43.9 Å². The van der Waals surface area contributed by atoms with Crippen molar-refractivity contribution in [3.8, 4) is 0 Å². The minimum atomic E-state index is -1.20. The second-order valence-electron chi connectivity index (χ2n) is 15.5. The summed E-state index contributed by atoms with van der Waals surface area (Å²) >= 11 is 1.19. The molecular formula is C38H56N8O9S. The van der Waals surface area contributed by atoms with Gasteiger partial charge in [-0.25, -0.2) is 0 Å². The van der Waals surface area contributed by atoms with Crippen LogP contribution in [0.3, 0.4) is 0 Å². The molecule has 4 rings (SSSR count). The molecule has 0 aromatic heterocycles. The van der Waals surface area contributed by atoms with Gasteiger partial charge in [0, 0.05) is 18.7 Å². The predicted molar refractivity (Wildman–Crippen MR) is 209 cm³/mol. The van der Waals surface area contributed by atoms with Crippen LogP contribution in [0.5, 0.6) is 0 Å². The third-order valence-electron chi connectivity index (χ3n) is 10.1. The van der Waals surface area contributed by atoms with Gasteiger partial charge in [0.25, 0.3) is 0 Å². The summed E-state index contributed by atoms with van der Waals surface area (Å²) in [5, 5.41) is 36.0. The largest absolute Gasteiger partial charge is 0.481 e. The fourth-order valence-electron chi connectivity index (χ4n) is 6.98. The van der Waals surface area contributed by atoms with E-state index in [1.54, 1.807) is 44.2 Å². The van der Waals surface area contributed by atoms with Crippen molar-refractivity contribution in [2.45, 2.75) is 115 Å². The van der Waals surface area contributed by atoms with Gasteiger partial charge in [-0.15, -0.1) is 11.8 Å². The van der Waals surface area contributed by atoms with E-state index in [2.05, 4.69) is 36.9 Å². The Labute approximate surface area is 331 Å². The lowest BCUT2D eigenvalue weighted by atomic mass is 9.96. The molecule has 1 aromatic rings. The molecule has 3 heterocycles. The highest BCUT2D eigenvalue weighted by Crippen LogP contribution is 2.24. The van der Waals surface area contributed by atoms with Crippen LogP contribution in [-0.2, 0) is 40.0 Å². The Morgan fingerprint density at radius 2 is 1.57 bits per heavy atom. The first-order valence-electron chi connectivity index (χ1n) is 19.1. The number of rotatable bonds is 14. The van der Waals surface area contributed by atoms with Gasteiger partial charge in [0.1, 0.15) is 42.6 Å². The molecule has 3 aliphatic heterocycles. The molecule has 0 spiro atoms. The number of amidine groups is 1. The maximum Gasteiger partial charge on any atom is 0.321 e. The third-order valence-corrected chi connectivity index (χ3v) is 11.5. The average molecular weight is 801 g/mol. The number of benzene rings is 1. The number of hydrogen-bond donors (Lipinski definition) is 8. The molecule has 3 aliphatic rings. The number of carbonyl (C=O) groups excluding carboxylic acids is 5. The fraction of sp³-hybridized carbons (Fsp3) is 0.632.